The number of hydrogen-bond donors (Lipinski definition) is 3. The number of allylic oxidation sites excluding steroid dienone is 1. The fourth-order valence-electron chi connectivity index (χ4n) is 7.50. The van der Waals surface area contributed by atoms with Gasteiger partial charge in [0.15, 0.2) is 5.65 Å². The van der Waals surface area contributed by atoms with Crippen LogP contribution in [0.25, 0.3) is 21.8 Å². The number of sulfonamides is 1. The summed E-state index contributed by atoms with van der Waals surface area (Å²) >= 11 is 0. The molecular weight excluding hydrogens is 713 g/mol. The number of hydrogen-bond acceptors (Lipinski definition) is 11. The van der Waals surface area contributed by atoms with Crippen LogP contribution >= 0.6 is 0 Å². The van der Waals surface area contributed by atoms with Crippen LogP contribution in [-0.4, -0.2) is 92.4 Å². The van der Waals surface area contributed by atoms with Crippen LogP contribution in [0.4, 0.5) is 0 Å². The molecule has 3 fully saturated rings. The van der Waals surface area contributed by atoms with Crippen molar-refractivity contribution >= 4 is 55.5 Å². The number of nitrogens with one attached hydrogen (secondary N) is 3. The first-order valence-corrected chi connectivity index (χ1v) is 19.9. The molecule has 0 unspecified atom stereocenters. The van der Waals surface area contributed by atoms with Crippen molar-refractivity contribution in [3.8, 4) is 5.88 Å². The van der Waals surface area contributed by atoms with Crippen LogP contribution in [0.5, 0.6) is 5.88 Å². The van der Waals surface area contributed by atoms with Crippen LogP contribution in [-0.2, 0) is 24.4 Å². The lowest BCUT2D eigenvalue weighted by atomic mass is 10.0. The van der Waals surface area contributed by atoms with Gasteiger partial charge in [-0.05, 0) is 62.1 Å². The van der Waals surface area contributed by atoms with Gasteiger partial charge in [0, 0.05) is 41.7 Å². The van der Waals surface area contributed by atoms with Gasteiger partial charge in [-0.3, -0.25) is 28.9 Å². The molecule has 4 amide bonds. The van der Waals surface area contributed by atoms with Crippen LogP contribution in [0.15, 0.2) is 73.3 Å². The smallest absolute Gasteiger partial charge is 0.272 e. The first kappa shape index (κ1) is 35.5. The van der Waals surface area contributed by atoms with Gasteiger partial charge in [0.25, 0.3) is 11.8 Å². The molecular formula is C38H40N8O7S. The van der Waals surface area contributed by atoms with Crippen molar-refractivity contribution in [1.29, 1.82) is 0 Å². The van der Waals surface area contributed by atoms with E-state index in [0.717, 1.165) is 29.0 Å². The molecule has 3 aromatic heterocycles. The van der Waals surface area contributed by atoms with E-state index in [9.17, 15) is 27.6 Å². The fraction of sp³-hybridized carbons (Fsp3) is 0.421. The molecule has 54 heavy (non-hydrogen) atoms. The summed E-state index contributed by atoms with van der Waals surface area (Å²) in [6.45, 7) is -0.0245. The quantitative estimate of drug-likeness (QED) is 0.185. The van der Waals surface area contributed by atoms with Crippen molar-refractivity contribution in [3.05, 3.63) is 79.0 Å². The Morgan fingerprint density at radius 3 is 2.56 bits per heavy atom. The van der Waals surface area contributed by atoms with E-state index in [1.54, 1.807) is 6.20 Å². The Morgan fingerprint density at radius 1 is 0.944 bits per heavy atom. The first-order valence-electron chi connectivity index (χ1n) is 18.4. The summed E-state index contributed by atoms with van der Waals surface area (Å²) in [4.78, 5) is 74.6. The molecule has 0 bridgehead atoms. The minimum atomic E-state index is -3.90. The topological polar surface area (TPSA) is 203 Å². The van der Waals surface area contributed by atoms with Crippen molar-refractivity contribution < 1.29 is 32.3 Å². The number of rotatable bonds is 7. The highest BCUT2D eigenvalue weighted by Gasteiger charge is 2.62. The predicted octanol–water partition coefficient (Wildman–Crippen LogP) is 2.72. The minimum Gasteiger partial charge on any atom is -0.472 e. The molecule has 4 aliphatic rings. The zero-order chi connectivity index (χ0) is 37.5. The molecule has 5 heterocycles. The van der Waals surface area contributed by atoms with Crippen LogP contribution in [0.3, 0.4) is 0 Å². The number of carbonyl (C=O) groups excluding carboxylic acids is 4. The molecule has 3 N–H and O–H groups in total. The van der Waals surface area contributed by atoms with Gasteiger partial charge in [0.1, 0.15) is 29.4 Å². The maximum absolute atomic E-state index is 14.6. The van der Waals surface area contributed by atoms with Gasteiger partial charge in [-0.25, -0.2) is 18.4 Å². The normalized spacial score (nSPS) is 26.2. The van der Waals surface area contributed by atoms with E-state index < -0.39 is 68.5 Å². The third-order valence-electron chi connectivity index (χ3n) is 10.7. The number of carbonyl (C=O) groups is 4. The molecule has 5 atom stereocenters. The van der Waals surface area contributed by atoms with Gasteiger partial charge in [-0.1, -0.05) is 43.2 Å². The van der Waals surface area contributed by atoms with E-state index in [1.807, 2.05) is 48.6 Å². The molecule has 4 aromatic rings. The Morgan fingerprint density at radius 2 is 1.76 bits per heavy atom. The highest BCUT2D eigenvalue weighted by atomic mass is 32.2. The molecule has 1 aromatic carbocycles. The number of amides is 4. The van der Waals surface area contributed by atoms with E-state index >= 15 is 0 Å². The maximum Gasteiger partial charge on any atom is 0.272 e. The molecule has 8 rings (SSSR count). The monoisotopic (exact) mass is 752 g/mol. The number of ether oxygens (including phenoxy) is 1. The molecule has 1 saturated heterocycles. The summed E-state index contributed by atoms with van der Waals surface area (Å²) < 4.78 is 34.4. The molecule has 15 nitrogen and oxygen atoms in total. The third kappa shape index (κ3) is 7.09. The average Bonchev–Trinajstić information content (AvgIpc) is 4.11. The van der Waals surface area contributed by atoms with Gasteiger partial charge < -0.3 is 20.3 Å². The van der Waals surface area contributed by atoms with Crippen LogP contribution < -0.4 is 20.1 Å². The summed E-state index contributed by atoms with van der Waals surface area (Å²) in [5.41, 5.74) is -0.994. The van der Waals surface area contributed by atoms with Crippen LogP contribution in [0.1, 0.15) is 68.3 Å². The van der Waals surface area contributed by atoms with Gasteiger partial charge in [-0.15, -0.1) is 0 Å². The Kier molecular flexibility index (Phi) is 9.46. The number of nitrogens with zero attached hydrogens (tertiary/aromatic N) is 5. The molecule has 2 aliphatic heterocycles. The van der Waals surface area contributed by atoms with Crippen molar-refractivity contribution in [1.82, 2.24) is 40.2 Å². The van der Waals surface area contributed by atoms with Crippen molar-refractivity contribution in [2.24, 2.45) is 5.92 Å². The first-order chi connectivity index (χ1) is 26.1. The van der Waals surface area contributed by atoms with Gasteiger partial charge in [0.2, 0.25) is 27.7 Å². The second kappa shape index (κ2) is 14.4. The van der Waals surface area contributed by atoms with Crippen LogP contribution in [0.2, 0.25) is 0 Å². The van der Waals surface area contributed by atoms with Crippen molar-refractivity contribution in [3.63, 3.8) is 0 Å². The molecule has 280 valence electrons. The average molecular weight is 753 g/mol. The minimum absolute atomic E-state index is 0.0245. The van der Waals surface area contributed by atoms with Gasteiger partial charge in [-0.2, -0.15) is 4.98 Å². The second-order valence-corrected chi connectivity index (χ2v) is 16.4. The number of benzene rings is 1. The summed E-state index contributed by atoms with van der Waals surface area (Å²) in [5, 5.41) is 7.53. The van der Waals surface area contributed by atoms with E-state index in [4.69, 9.17) is 9.72 Å². The zero-order valence-electron chi connectivity index (χ0n) is 29.4. The number of aromatic nitrogens is 4. The van der Waals surface area contributed by atoms with E-state index in [-0.39, 0.29) is 25.1 Å². The maximum atomic E-state index is 14.6. The summed E-state index contributed by atoms with van der Waals surface area (Å²) in [6.07, 6.45) is 13.2. The summed E-state index contributed by atoms with van der Waals surface area (Å²) in [5.74, 6) is -2.64. The predicted molar refractivity (Wildman–Crippen MR) is 196 cm³/mol. The highest BCUT2D eigenvalue weighted by molar-refractivity contribution is 7.91. The molecule has 0 radical (unpaired) electrons. The van der Waals surface area contributed by atoms with Crippen LogP contribution in [0, 0.1) is 5.92 Å². The van der Waals surface area contributed by atoms with E-state index in [1.165, 1.54) is 23.5 Å². The van der Waals surface area contributed by atoms with Crippen molar-refractivity contribution in [2.45, 2.75) is 86.8 Å². The lowest BCUT2D eigenvalue weighted by Crippen LogP contribution is -2.58. The summed E-state index contributed by atoms with van der Waals surface area (Å²) in [6, 6.07) is 9.23. The van der Waals surface area contributed by atoms with Gasteiger partial charge >= 0.3 is 0 Å². The lowest BCUT2D eigenvalue weighted by Gasteiger charge is -2.29. The second-order valence-electron chi connectivity index (χ2n) is 14.4. The molecule has 2 aliphatic carbocycles. The third-order valence-corrected chi connectivity index (χ3v) is 12.5. The SMILES string of the molecule is O=C(N[C@H]1CCCCCC=C[C@@H]2C[C@@]2(C(=O)NS(=O)(=O)C2CC2)NC(=O)[C@@H]2C[C@@H](Oc3nc4ncccc4c4ccccc34)CN2C1=O)c1cnccn1. The van der Waals surface area contributed by atoms with Gasteiger partial charge in [0.05, 0.1) is 18.0 Å². The summed E-state index contributed by atoms with van der Waals surface area (Å²) in [7, 11) is -3.90. The van der Waals surface area contributed by atoms with E-state index in [0.29, 0.717) is 43.6 Å². The standard InChI is InChI=1S/C38H40N8O7S/c47-33(30-21-39-17-18-40-30)42-29-13-5-3-1-2-4-9-23-20-38(23,37(50)45-54(51,52)25-14-15-25)44-34(48)31-19-24(22-46(31)36(29)49)53-35-28-11-7-6-10-26(28)27-12-8-16-41-32(27)43-35/h4,6-12,16-18,21,23-25,29,31H,1-3,5,13-15,19-20,22H2,(H,42,47)(H,44,48)(H,45,50)/t23-,24-,29+,31+,38-/m1/s1. The molecule has 2 saturated carbocycles. The number of pyridine rings is 2. The fourth-order valence-corrected chi connectivity index (χ4v) is 8.86. The zero-order valence-corrected chi connectivity index (χ0v) is 30.2. The Bertz CT molecular complexity index is 2270. The Hall–Kier alpha value is -5.51. The Balaban J connectivity index is 1.12. The largest absolute Gasteiger partial charge is 0.472 e. The number of fused-ring (bicyclic) bond motifs is 5. The molecule has 16 heteroatoms. The van der Waals surface area contributed by atoms with Crippen molar-refractivity contribution in [2.75, 3.05) is 6.54 Å². The highest BCUT2D eigenvalue weighted by Crippen LogP contribution is 2.46. The molecule has 0 spiro atoms. The lowest BCUT2D eigenvalue weighted by molar-refractivity contribution is -0.141. The Labute approximate surface area is 311 Å². The van der Waals surface area contributed by atoms with E-state index in [2.05, 4.69) is 30.3 Å².